The van der Waals surface area contributed by atoms with Crippen LogP contribution in [0.15, 0.2) is 24.3 Å². The largest absolute Gasteiger partial charge is 0.497 e. The molecular weight excluding hydrogens is 232 g/mol. The summed E-state index contributed by atoms with van der Waals surface area (Å²) in [5, 5.41) is 9.95. The molecule has 4 heteroatoms. The second kappa shape index (κ2) is 5.87. The molecule has 100 valence electrons. The molecular formula is C14H20O4. The van der Waals surface area contributed by atoms with Crippen LogP contribution in [0.3, 0.4) is 0 Å². The van der Waals surface area contributed by atoms with Gasteiger partial charge in [-0.25, -0.2) is 0 Å². The van der Waals surface area contributed by atoms with Gasteiger partial charge in [-0.15, -0.1) is 0 Å². The predicted octanol–water partition coefficient (Wildman–Crippen LogP) is 2.46. The van der Waals surface area contributed by atoms with Crippen molar-refractivity contribution in [3.8, 4) is 5.75 Å². The molecule has 0 bridgehead atoms. The molecule has 18 heavy (non-hydrogen) atoms. The second-order valence-corrected chi connectivity index (χ2v) is 5.08. The van der Waals surface area contributed by atoms with Crippen molar-refractivity contribution in [3.63, 3.8) is 0 Å². The standard InChI is InChI=1S/C14H20O4/c1-14(2,3)18-13(16)9-12(15)10-6-5-7-11(8-10)17-4/h5-8,12,15H,9H2,1-4H3/t12-/m1/s1. The van der Waals surface area contributed by atoms with Gasteiger partial charge in [0.05, 0.1) is 19.6 Å². The molecule has 0 aliphatic carbocycles. The summed E-state index contributed by atoms with van der Waals surface area (Å²) in [5.74, 6) is 0.230. The minimum absolute atomic E-state index is 0.0650. The number of carbonyl (C=O) groups is 1. The lowest BCUT2D eigenvalue weighted by atomic mass is 10.1. The topological polar surface area (TPSA) is 55.8 Å². The van der Waals surface area contributed by atoms with Crippen molar-refractivity contribution in [1.82, 2.24) is 0 Å². The van der Waals surface area contributed by atoms with Crippen molar-refractivity contribution in [2.24, 2.45) is 0 Å². The smallest absolute Gasteiger partial charge is 0.309 e. The van der Waals surface area contributed by atoms with Crippen LogP contribution < -0.4 is 4.74 Å². The maximum atomic E-state index is 11.6. The summed E-state index contributed by atoms with van der Waals surface area (Å²) in [6.45, 7) is 5.38. The van der Waals surface area contributed by atoms with E-state index in [2.05, 4.69) is 0 Å². The molecule has 0 unspecified atom stereocenters. The number of hydrogen-bond acceptors (Lipinski definition) is 4. The molecule has 0 aliphatic heterocycles. The minimum Gasteiger partial charge on any atom is -0.497 e. The summed E-state index contributed by atoms with van der Waals surface area (Å²) in [6, 6.07) is 7.00. The lowest BCUT2D eigenvalue weighted by molar-refractivity contribution is -0.157. The van der Waals surface area contributed by atoms with Crippen molar-refractivity contribution in [2.75, 3.05) is 7.11 Å². The Hall–Kier alpha value is -1.55. The van der Waals surface area contributed by atoms with Crippen LogP contribution in [0.1, 0.15) is 38.9 Å². The zero-order valence-electron chi connectivity index (χ0n) is 11.3. The first-order chi connectivity index (χ1) is 8.31. The van der Waals surface area contributed by atoms with Crippen LogP contribution in [0.25, 0.3) is 0 Å². The Morgan fingerprint density at radius 1 is 1.39 bits per heavy atom. The highest BCUT2D eigenvalue weighted by atomic mass is 16.6. The number of benzene rings is 1. The number of methoxy groups -OCH3 is 1. The van der Waals surface area contributed by atoms with Crippen LogP contribution in [-0.2, 0) is 9.53 Å². The molecule has 0 saturated heterocycles. The SMILES string of the molecule is COc1cccc([C@H](O)CC(=O)OC(C)(C)C)c1. The van der Waals surface area contributed by atoms with Crippen LogP contribution >= 0.6 is 0 Å². The zero-order valence-corrected chi connectivity index (χ0v) is 11.3. The van der Waals surface area contributed by atoms with Crippen molar-refractivity contribution in [3.05, 3.63) is 29.8 Å². The first-order valence-electron chi connectivity index (χ1n) is 5.85. The fourth-order valence-electron chi connectivity index (χ4n) is 1.51. The molecule has 0 aliphatic rings. The van der Waals surface area contributed by atoms with Gasteiger partial charge >= 0.3 is 5.97 Å². The van der Waals surface area contributed by atoms with Gasteiger partial charge in [-0.3, -0.25) is 4.79 Å². The Bertz CT molecular complexity index is 407. The predicted molar refractivity (Wildman–Crippen MR) is 68.4 cm³/mol. The summed E-state index contributed by atoms with van der Waals surface area (Å²) in [7, 11) is 1.55. The molecule has 1 rings (SSSR count). The minimum atomic E-state index is -0.880. The number of hydrogen-bond donors (Lipinski definition) is 1. The molecule has 0 saturated carbocycles. The molecule has 0 aromatic heterocycles. The maximum Gasteiger partial charge on any atom is 0.309 e. The molecule has 0 fully saturated rings. The lowest BCUT2D eigenvalue weighted by Gasteiger charge is -2.20. The van der Waals surface area contributed by atoms with Crippen LogP contribution in [0.2, 0.25) is 0 Å². The Balaban J connectivity index is 2.64. The Kier molecular flexibility index (Phi) is 4.73. The van der Waals surface area contributed by atoms with E-state index in [1.54, 1.807) is 52.1 Å². The normalized spacial score (nSPS) is 12.9. The van der Waals surface area contributed by atoms with E-state index in [0.717, 1.165) is 0 Å². The maximum absolute atomic E-state index is 11.6. The van der Waals surface area contributed by atoms with Gasteiger partial charge in [0.15, 0.2) is 0 Å². The highest BCUT2D eigenvalue weighted by molar-refractivity contribution is 5.70. The Morgan fingerprint density at radius 3 is 2.61 bits per heavy atom. The molecule has 1 atom stereocenters. The van der Waals surface area contributed by atoms with Gasteiger partial charge < -0.3 is 14.6 Å². The first-order valence-corrected chi connectivity index (χ1v) is 5.85. The third kappa shape index (κ3) is 4.75. The van der Waals surface area contributed by atoms with E-state index in [4.69, 9.17) is 9.47 Å². The third-order valence-electron chi connectivity index (χ3n) is 2.26. The van der Waals surface area contributed by atoms with Gasteiger partial charge in [-0.2, -0.15) is 0 Å². The zero-order chi connectivity index (χ0) is 13.8. The molecule has 1 aromatic carbocycles. The summed E-state index contributed by atoms with van der Waals surface area (Å²) >= 11 is 0. The third-order valence-corrected chi connectivity index (χ3v) is 2.26. The van der Waals surface area contributed by atoms with Crippen molar-refractivity contribution in [2.45, 2.75) is 38.9 Å². The number of ether oxygens (including phenoxy) is 2. The van der Waals surface area contributed by atoms with Gasteiger partial charge in [0.2, 0.25) is 0 Å². The average molecular weight is 252 g/mol. The number of aliphatic hydroxyl groups excluding tert-OH is 1. The van der Waals surface area contributed by atoms with E-state index in [0.29, 0.717) is 11.3 Å². The molecule has 0 radical (unpaired) electrons. The molecule has 0 heterocycles. The van der Waals surface area contributed by atoms with Crippen LogP contribution in [0.5, 0.6) is 5.75 Å². The molecule has 0 amide bonds. The highest BCUT2D eigenvalue weighted by Crippen LogP contribution is 2.22. The fourth-order valence-corrected chi connectivity index (χ4v) is 1.51. The average Bonchev–Trinajstić information content (AvgIpc) is 2.26. The molecule has 0 spiro atoms. The van der Waals surface area contributed by atoms with Gasteiger partial charge in [0.25, 0.3) is 0 Å². The van der Waals surface area contributed by atoms with E-state index < -0.39 is 17.7 Å². The van der Waals surface area contributed by atoms with Crippen molar-refractivity contribution in [1.29, 1.82) is 0 Å². The fraction of sp³-hybridized carbons (Fsp3) is 0.500. The lowest BCUT2D eigenvalue weighted by Crippen LogP contribution is -2.24. The van der Waals surface area contributed by atoms with Gasteiger partial charge in [0, 0.05) is 0 Å². The summed E-state index contributed by atoms with van der Waals surface area (Å²) in [5.41, 5.74) is 0.103. The van der Waals surface area contributed by atoms with Crippen molar-refractivity contribution < 1.29 is 19.4 Å². The molecule has 1 aromatic rings. The summed E-state index contributed by atoms with van der Waals surface area (Å²) in [6.07, 6.45) is -0.945. The van der Waals surface area contributed by atoms with Crippen LogP contribution in [0, 0.1) is 0 Å². The molecule has 1 N–H and O–H groups in total. The van der Waals surface area contributed by atoms with Gasteiger partial charge in [-0.1, -0.05) is 12.1 Å². The summed E-state index contributed by atoms with van der Waals surface area (Å²) < 4.78 is 10.2. The molecule has 4 nitrogen and oxygen atoms in total. The quantitative estimate of drug-likeness (QED) is 0.836. The summed E-state index contributed by atoms with van der Waals surface area (Å²) in [4.78, 5) is 11.6. The first kappa shape index (κ1) is 14.5. The highest BCUT2D eigenvalue weighted by Gasteiger charge is 2.20. The van der Waals surface area contributed by atoms with Gasteiger partial charge in [-0.05, 0) is 38.5 Å². The number of carbonyl (C=O) groups excluding carboxylic acids is 1. The van der Waals surface area contributed by atoms with E-state index in [9.17, 15) is 9.90 Å². The monoisotopic (exact) mass is 252 g/mol. The van der Waals surface area contributed by atoms with E-state index in [1.807, 2.05) is 0 Å². The van der Waals surface area contributed by atoms with Gasteiger partial charge in [0.1, 0.15) is 11.4 Å². The van der Waals surface area contributed by atoms with E-state index in [-0.39, 0.29) is 6.42 Å². The second-order valence-electron chi connectivity index (χ2n) is 5.08. The van der Waals surface area contributed by atoms with Crippen LogP contribution in [0.4, 0.5) is 0 Å². The van der Waals surface area contributed by atoms with Crippen molar-refractivity contribution >= 4 is 5.97 Å². The number of aliphatic hydroxyl groups is 1. The van der Waals surface area contributed by atoms with Crippen LogP contribution in [-0.4, -0.2) is 23.8 Å². The number of rotatable bonds is 4. The Labute approximate surface area is 108 Å². The number of esters is 1. The Morgan fingerprint density at radius 2 is 2.06 bits per heavy atom. The van der Waals surface area contributed by atoms with E-state index >= 15 is 0 Å². The van der Waals surface area contributed by atoms with E-state index in [1.165, 1.54) is 0 Å².